The highest BCUT2D eigenvalue weighted by atomic mass is 16.3. The van der Waals surface area contributed by atoms with Crippen molar-refractivity contribution in [2.24, 2.45) is 0 Å². The van der Waals surface area contributed by atoms with Crippen LogP contribution in [0, 0.1) is 6.92 Å². The third kappa shape index (κ3) is 1.84. The summed E-state index contributed by atoms with van der Waals surface area (Å²) in [6.45, 7) is 8.98. The fourth-order valence-corrected chi connectivity index (χ4v) is 3.83. The van der Waals surface area contributed by atoms with Gasteiger partial charge in [0, 0.05) is 5.41 Å². The van der Waals surface area contributed by atoms with Gasteiger partial charge in [-0.05, 0) is 47.6 Å². The normalized spacial score (nSPS) is 23.6. The molecule has 0 radical (unpaired) electrons. The van der Waals surface area contributed by atoms with Crippen LogP contribution in [0.4, 0.5) is 0 Å². The molecule has 1 unspecified atom stereocenters. The van der Waals surface area contributed by atoms with Crippen molar-refractivity contribution in [3.8, 4) is 5.75 Å². The van der Waals surface area contributed by atoms with Crippen LogP contribution in [0.5, 0.6) is 5.75 Å². The third-order valence-corrected chi connectivity index (χ3v) is 4.81. The van der Waals surface area contributed by atoms with Gasteiger partial charge in [0.25, 0.3) is 0 Å². The maximum absolute atomic E-state index is 9.81. The zero-order chi connectivity index (χ0) is 14.5. The van der Waals surface area contributed by atoms with Crippen molar-refractivity contribution < 1.29 is 5.11 Å². The van der Waals surface area contributed by atoms with Gasteiger partial charge in [0.05, 0.1) is 0 Å². The maximum Gasteiger partial charge on any atom is 0.115 e. The van der Waals surface area contributed by atoms with Gasteiger partial charge in [-0.3, -0.25) is 0 Å². The fraction of sp³-hybridized carbons (Fsp3) is 0.368. The molecule has 2 aromatic rings. The first-order valence-electron chi connectivity index (χ1n) is 7.24. The van der Waals surface area contributed by atoms with E-state index in [1.165, 1.54) is 22.3 Å². The van der Waals surface area contributed by atoms with Crippen molar-refractivity contribution in [3.05, 3.63) is 64.7 Å². The van der Waals surface area contributed by atoms with Crippen LogP contribution in [-0.4, -0.2) is 5.11 Å². The van der Waals surface area contributed by atoms with E-state index in [-0.39, 0.29) is 10.8 Å². The first-order valence-corrected chi connectivity index (χ1v) is 7.24. The Hall–Kier alpha value is -1.76. The lowest BCUT2D eigenvalue weighted by Crippen LogP contribution is -2.23. The molecule has 0 fully saturated rings. The molecular weight excluding hydrogens is 244 g/mol. The standard InChI is InChI=1S/C19H22O/c1-13-5-7-14(8-6-13)19(4)12-18(2,3)17-11-15(20)9-10-16(17)19/h5-11,20H,12H2,1-4H3. The summed E-state index contributed by atoms with van der Waals surface area (Å²) in [5.74, 6) is 0.366. The first-order chi connectivity index (χ1) is 9.33. The number of hydrogen-bond acceptors (Lipinski definition) is 1. The minimum absolute atomic E-state index is 0.0280. The average molecular weight is 266 g/mol. The van der Waals surface area contributed by atoms with Gasteiger partial charge < -0.3 is 5.11 Å². The van der Waals surface area contributed by atoms with Gasteiger partial charge in [-0.25, -0.2) is 0 Å². The van der Waals surface area contributed by atoms with Gasteiger partial charge in [0.15, 0.2) is 0 Å². The second-order valence-corrected chi connectivity index (χ2v) is 6.99. The van der Waals surface area contributed by atoms with E-state index < -0.39 is 0 Å². The minimum Gasteiger partial charge on any atom is -0.508 e. The number of rotatable bonds is 1. The summed E-state index contributed by atoms with van der Waals surface area (Å²) in [6, 6.07) is 14.7. The molecule has 0 aromatic heterocycles. The lowest BCUT2D eigenvalue weighted by atomic mass is 9.75. The van der Waals surface area contributed by atoms with Gasteiger partial charge in [-0.15, -0.1) is 0 Å². The zero-order valence-electron chi connectivity index (χ0n) is 12.7. The topological polar surface area (TPSA) is 20.2 Å². The summed E-state index contributed by atoms with van der Waals surface area (Å²) >= 11 is 0. The summed E-state index contributed by atoms with van der Waals surface area (Å²) in [7, 11) is 0. The van der Waals surface area contributed by atoms with Crippen LogP contribution in [-0.2, 0) is 10.8 Å². The van der Waals surface area contributed by atoms with E-state index >= 15 is 0 Å². The van der Waals surface area contributed by atoms with Crippen molar-refractivity contribution in [2.45, 2.75) is 44.9 Å². The molecular formula is C19H22O. The highest BCUT2D eigenvalue weighted by Crippen LogP contribution is 2.53. The number of phenolic OH excluding ortho intramolecular Hbond substituents is 1. The summed E-state index contributed by atoms with van der Waals surface area (Å²) < 4.78 is 0. The monoisotopic (exact) mass is 266 g/mol. The van der Waals surface area contributed by atoms with E-state index in [2.05, 4.69) is 58.0 Å². The Morgan fingerprint density at radius 1 is 0.900 bits per heavy atom. The van der Waals surface area contributed by atoms with E-state index in [0.29, 0.717) is 5.75 Å². The highest BCUT2D eigenvalue weighted by Gasteiger charge is 2.45. The lowest BCUT2D eigenvalue weighted by Gasteiger charge is -2.28. The van der Waals surface area contributed by atoms with Gasteiger partial charge >= 0.3 is 0 Å². The number of aryl methyl sites for hydroxylation is 1. The van der Waals surface area contributed by atoms with Crippen LogP contribution in [0.2, 0.25) is 0 Å². The van der Waals surface area contributed by atoms with Crippen LogP contribution >= 0.6 is 0 Å². The number of benzene rings is 2. The lowest BCUT2D eigenvalue weighted by molar-refractivity contribution is 0.423. The summed E-state index contributed by atoms with van der Waals surface area (Å²) in [5, 5.41) is 9.81. The third-order valence-electron chi connectivity index (χ3n) is 4.81. The second-order valence-electron chi connectivity index (χ2n) is 6.99. The molecule has 0 aliphatic heterocycles. The van der Waals surface area contributed by atoms with Crippen molar-refractivity contribution in [2.75, 3.05) is 0 Å². The Bertz CT molecular complexity index is 652. The van der Waals surface area contributed by atoms with E-state index in [0.717, 1.165) is 6.42 Å². The molecule has 0 amide bonds. The van der Waals surface area contributed by atoms with Crippen molar-refractivity contribution in [1.29, 1.82) is 0 Å². The molecule has 0 saturated heterocycles. The molecule has 1 aliphatic rings. The molecule has 0 heterocycles. The van der Waals surface area contributed by atoms with E-state index in [9.17, 15) is 5.11 Å². The largest absolute Gasteiger partial charge is 0.508 e. The van der Waals surface area contributed by atoms with E-state index in [1.807, 2.05) is 12.1 Å². The minimum atomic E-state index is 0.0280. The van der Waals surface area contributed by atoms with Gasteiger partial charge in [0.1, 0.15) is 5.75 Å². The molecule has 1 atom stereocenters. The molecule has 104 valence electrons. The fourth-order valence-electron chi connectivity index (χ4n) is 3.83. The molecule has 1 nitrogen and oxygen atoms in total. The number of hydrogen-bond donors (Lipinski definition) is 1. The number of fused-ring (bicyclic) bond motifs is 1. The molecule has 20 heavy (non-hydrogen) atoms. The highest BCUT2D eigenvalue weighted by molar-refractivity contribution is 5.53. The summed E-state index contributed by atoms with van der Waals surface area (Å²) in [4.78, 5) is 0. The Kier molecular flexibility index (Phi) is 2.72. The molecule has 1 aliphatic carbocycles. The zero-order valence-corrected chi connectivity index (χ0v) is 12.7. The smallest absolute Gasteiger partial charge is 0.115 e. The Morgan fingerprint density at radius 3 is 2.20 bits per heavy atom. The second kappa shape index (κ2) is 4.12. The van der Waals surface area contributed by atoms with Crippen molar-refractivity contribution in [1.82, 2.24) is 0 Å². The summed E-state index contributed by atoms with van der Waals surface area (Å²) in [6.07, 6.45) is 1.07. The van der Waals surface area contributed by atoms with Crippen molar-refractivity contribution in [3.63, 3.8) is 0 Å². The molecule has 3 rings (SSSR count). The van der Waals surface area contributed by atoms with Gasteiger partial charge in [-0.2, -0.15) is 0 Å². The average Bonchev–Trinajstić information content (AvgIpc) is 2.58. The number of phenols is 1. The van der Waals surface area contributed by atoms with E-state index in [4.69, 9.17) is 0 Å². The summed E-state index contributed by atoms with van der Waals surface area (Å²) in [5.41, 5.74) is 5.40. The van der Waals surface area contributed by atoms with E-state index in [1.54, 1.807) is 0 Å². The predicted octanol–water partition coefficient (Wildman–Crippen LogP) is 4.69. The van der Waals surface area contributed by atoms with Crippen LogP contribution in [0.15, 0.2) is 42.5 Å². The van der Waals surface area contributed by atoms with Gasteiger partial charge in [0.2, 0.25) is 0 Å². The van der Waals surface area contributed by atoms with Crippen LogP contribution < -0.4 is 0 Å². The predicted molar refractivity (Wildman–Crippen MR) is 83.4 cm³/mol. The van der Waals surface area contributed by atoms with Crippen LogP contribution in [0.3, 0.4) is 0 Å². The molecule has 2 aromatic carbocycles. The van der Waals surface area contributed by atoms with Gasteiger partial charge in [-0.1, -0.05) is 56.7 Å². The Balaban J connectivity index is 2.20. The van der Waals surface area contributed by atoms with Crippen molar-refractivity contribution >= 4 is 0 Å². The maximum atomic E-state index is 9.81. The van der Waals surface area contributed by atoms with Crippen LogP contribution in [0.25, 0.3) is 0 Å². The van der Waals surface area contributed by atoms with Crippen LogP contribution in [0.1, 0.15) is 49.4 Å². The molecule has 0 spiro atoms. The molecule has 0 bridgehead atoms. The molecule has 1 N–H and O–H groups in total. The Labute approximate surface area is 121 Å². The SMILES string of the molecule is Cc1ccc(C2(C)CC(C)(C)c3cc(O)ccc32)cc1. The number of aromatic hydroxyl groups is 1. The Morgan fingerprint density at radius 2 is 1.55 bits per heavy atom. The molecule has 0 saturated carbocycles. The molecule has 1 heteroatoms. The quantitative estimate of drug-likeness (QED) is 0.794. The first kappa shape index (κ1) is 13.2.